The van der Waals surface area contributed by atoms with Crippen LogP contribution in [0.15, 0.2) is 29.0 Å². The van der Waals surface area contributed by atoms with Gasteiger partial charge in [-0.15, -0.1) is 17.9 Å². The molecule has 1 aromatic heterocycles. The van der Waals surface area contributed by atoms with Crippen molar-refractivity contribution >= 4 is 21.4 Å². The molecule has 0 aliphatic heterocycles. The molecule has 1 rings (SSSR count). The Kier molecular flexibility index (Phi) is 4.72. The maximum Gasteiger partial charge on any atom is 0.244 e. The third-order valence-corrected chi connectivity index (χ3v) is 5.79. The molecule has 1 aromatic rings. The number of nitrogens with zero attached hydrogens (tertiary/aromatic N) is 1. The number of sulfonamides is 1. The highest BCUT2D eigenvalue weighted by Crippen LogP contribution is 2.29. The van der Waals surface area contributed by atoms with Gasteiger partial charge in [-0.1, -0.05) is 6.08 Å². The van der Waals surface area contributed by atoms with Crippen molar-refractivity contribution in [2.75, 3.05) is 6.54 Å². The van der Waals surface area contributed by atoms with Gasteiger partial charge in [0.1, 0.15) is 0 Å². The Hall–Kier alpha value is -0.690. The molecule has 18 heavy (non-hydrogen) atoms. The zero-order valence-corrected chi connectivity index (χ0v) is 12.6. The van der Waals surface area contributed by atoms with E-state index in [0.717, 1.165) is 0 Å². The second-order valence-electron chi connectivity index (χ2n) is 4.91. The van der Waals surface area contributed by atoms with Crippen LogP contribution < -0.4 is 5.73 Å². The van der Waals surface area contributed by atoms with Gasteiger partial charge in [0.05, 0.1) is 4.90 Å². The molecule has 0 bridgehead atoms. The van der Waals surface area contributed by atoms with E-state index in [4.69, 9.17) is 5.73 Å². The summed E-state index contributed by atoms with van der Waals surface area (Å²) in [6.07, 6.45) is 1.59. The zero-order valence-electron chi connectivity index (χ0n) is 11.0. The van der Waals surface area contributed by atoms with Gasteiger partial charge in [-0.2, -0.15) is 4.31 Å². The van der Waals surface area contributed by atoms with Crippen molar-refractivity contribution in [1.29, 1.82) is 0 Å². The molecule has 0 aliphatic carbocycles. The normalized spacial score (nSPS) is 12.9. The molecule has 102 valence electrons. The molecule has 0 aliphatic rings. The average Bonchev–Trinajstić information content (AvgIpc) is 2.72. The fourth-order valence-corrected chi connectivity index (χ4v) is 4.74. The SMILES string of the molecule is C=CCN(C(C)(C)C)S(=O)(=O)c1ccsc1CN. The lowest BCUT2D eigenvalue weighted by atomic mass is 10.1. The number of hydrogen-bond donors (Lipinski definition) is 1. The molecule has 4 nitrogen and oxygen atoms in total. The average molecular weight is 288 g/mol. The van der Waals surface area contributed by atoms with E-state index in [9.17, 15) is 8.42 Å². The number of nitrogens with two attached hydrogens (primary N) is 1. The van der Waals surface area contributed by atoms with Crippen molar-refractivity contribution in [3.05, 3.63) is 29.0 Å². The van der Waals surface area contributed by atoms with Gasteiger partial charge < -0.3 is 5.73 Å². The highest BCUT2D eigenvalue weighted by Gasteiger charge is 2.34. The fraction of sp³-hybridized carbons (Fsp3) is 0.500. The van der Waals surface area contributed by atoms with Crippen molar-refractivity contribution in [3.63, 3.8) is 0 Å². The first-order chi connectivity index (χ1) is 8.25. The largest absolute Gasteiger partial charge is 0.326 e. The fourth-order valence-electron chi connectivity index (χ4n) is 1.68. The highest BCUT2D eigenvalue weighted by atomic mass is 32.2. The summed E-state index contributed by atoms with van der Waals surface area (Å²) < 4.78 is 26.7. The maximum atomic E-state index is 12.6. The molecule has 0 atom stereocenters. The summed E-state index contributed by atoms with van der Waals surface area (Å²) in [6, 6.07) is 1.62. The summed E-state index contributed by atoms with van der Waals surface area (Å²) in [7, 11) is -3.53. The van der Waals surface area contributed by atoms with Crippen molar-refractivity contribution in [3.8, 4) is 0 Å². The van der Waals surface area contributed by atoms with E-state index in [1.54, 1.807) is 17.5 Å². The van der Waals surface area contributed by atoms with Crippen LogP contribution >= 0.6 is 11.3 Å². The number of thiophene rings is 1. The molecule has 6 heteroatoms. The number of hydrogen-bond acceptors (Lipinski definition) is 4. The standard InChI is InChI=1S/C12H20N2O2S2/c1-5-7-14(12(2,3)4)18(15,16)11-6-8-17-10(11)9-13/h5-6,8H,1,7,9,13H2,2-4H3. The van der Waals surface area contributed by atoms with Crippen LogP contribution in [-0.2, 0) is 16.6 Å². The van der Waals surface area contributed by atoms with Gasteiger partial charge in [-0.05, 0) is 32.2 Å². The van der Waals surface area contributed by atoms with Crippen molar-refractivity contribution < 1.29 is 8.42 Å². The van der Waals surface area contributed by atoms with Crippen LogP contribution in [0.2, 0.25) is 0 Å². The minimum absolute atomic E-state index is 0.234. The van der Waals surface area contributed by atoms with Gasteiger partial charge in [0.25, 0.3) is 0 Å². The predicted octanol–water partition coefficient (Wildman–Crippen LogP) is 2.18. The first-order valence-electron chi connectivity index (χ1n) is 5.65. The molecule has 0 spiro atoms. The van der Waals surface area contributed by atoms with E-state index in [1.165, 1.54) is 15.6 Å². The molecule has 0 fully saturated rings. The third kappa shape index (κ3) is 3.00. The molecule has 0 radical (unpaired) electrons. The second-order valence-corrected chi connectivity index (χ2v) is 7.74. The van der Waals surface area contributed by atoms with E-state index in [2.05, 4.69) is 6.58 Å². The Morgan fingerprint density at radius 3 is 2.56 bits per heavy atom. The van der Waals surface area contributed by atoms with Gasteiger partial charge in [0, 0.05) is 23.5 Å². The topological polar surface area (TPSA) is 63.4 Å². The van der Waals surface area contributed by atoms with Gasteiger partial charge >= 0.3 is 0 Å². The van der Waals surface area contributed by atoms with Gasteiger partial charge in [0.15, 0.2) is 0 Å². The summed E-state index contributed by atoms with van der Waals surface area (Å²) in [6.45, 7) is 9.73. The Morgan fingerprint density at radius 1 is 1.50 bits per heavy atom. The lowest BCUT2D eigenvalue weighted by molar-refractivity contribution is 0.270. The lowest BCUT2D eigenvalue weighted by Crippen LogP contribution is -2.45. The molecule has 2 N–H and O–H groups in total. The second kappa shape index (κ2) is 5.52. The van der Waals surface area contributed by atoms with Crippen molar-refractivity contribution in [2.24, 2.45) is 5.73 Å². The van der Waals surface area contributed by atoms with Gasteiger partial charge in [-0.3, -0.25) is 0 Å². The molecule has 0 saturated carbocycles. The van der Waals surface area contributed by atoms with Crippen molar-refractivity contribution in [1.82, 2.24) is 4.31 Å². The van der Waals surface area contributed by atoms with Crippen LogP contribution in [-0.4, -0.2) is 24.8 Å². The van der Waals surface area contributed by atoms with Gasteiger partial charge in [0.2, 0.25) is 10.0 Å². The predicted molar refractivity (Wildman–Crippen MR) is 76.1 cm³/mol. The minimum Gasteiger partial charge on any atom is -0.326 e. The van der Waals surface area contributed by atoms with Crippen LogP contribution in [0.5, 0.6) is 0 Å². The Morgan fingerprint density at radius 2 is 2.11 bits per heavy atom. The van der Waals surface area contributed by atoms with Crippen molar-refractivity contribution in [2.45, 2.75) is 37.8 Å². The first-order valence-corrected chi connectivity index (χ1v) is 7.97. The lowest BCUT2D eigenvalue weighted by Gasteiger charge is -2.33. The van der Waals surface area contributed by atoms with E-state index in [1.807, 2.05) is 20.8 Å². The Labute approximate surface area is 113 Å². The first kappa shape index (κ1) is 15.4. The molecular weight excluding hydrogens is 268 g/mol. The highest BCUT2D eigenvalue weighted by molar-refractivity contribution is 7.89. The van der Waals surface area contributed by atoms with E-state index in [0.29, 0.717) is 9.77 Å². The summed E-state index contributed by atoms with van der Waals surface area (Å²) in [5, 5.41) is 1.75. The summed E-state index contributed by atoms with van der Waals surface area (Å²) in [5.41, 5.74) is 5.08. The molecule has 0 amide bonds. The molecule has 0 aromatic carbocycles. The summed E-state index contributed by atoms with van der Waals surface area (Å²) >= 11 is 1.37. The van der Waals surface area contributed by atoms with E-state index < -0.39 is 15.6 Å². The van der Waals surface area contributed by atoms with Crippen LogP contribution in [0.1, 0.15) is 25.6 Å². The van der Waals surface area contributed by atoms with E-state index >= 15 is 0 Å². The molecule has 0 unspecified atom stereocenters. The summed E-state index contributed by atoms with van der Waals surface area (Å²) in [5.74, 6) is 0. The van der Waals surface area contributed by atoms with Crippen LogP contribution in [0.4, 0.5) is 0 Å². The minimum atomic E-state index is -3.53. The molecule has 0 saturated heterocycles. The Balaban J connectivity index is 3.30. The quantitative estimate of drug-likeness (QED) is 0.845. The van der Waals surface area contributed by atoms with E-state index in [-0.39, 0.29) is 13.1 Å². The van der Waals surface area contributed by atoms with Crippen LogP contribution in [0.3, 0.4) is 0 Å². The smallest absolute Gasteiger partial charge is 0.244 e. The summed E-state index contributed by atoms with van der Waals surface area (Å²) in [4.78, 5) is 1.00. The zero-order chi connectivity index (χ0) is 14.0. The number of rotatable bonds is 5. The van der Waals surface area contributed by atoms with Gasteiger partial charge in [-0.25, -0.2) is 8.42 Å². The molecule has 1 heterocycles. The van der Waals surface area contributed by atoms with Crippen LogP contribution in [0.25, 0.3) is 0 Å². The Bertz CT molecular complexity index is 512. The monoisotopic (exact) mass is 288 g/mol. The maximum absolute atomic E-state index is 12.6. The van der Waals surface area contributed by atoms with Crippen LogP contribution in [0, 0.1) is 0 Å². The third-order valence-electron chi connectivity index (χ3n) is 2.50. The molecular formula is C12H20N2O2S2.